The van der Waals surface area contributed by atoms with Gasteiger partial charge in [0.05, 0.1) is 27.1 Å². The molecular formula is C21H22Cl2N4O4S. The van der Waals surface area contributed by atoms with Crippen LogP contribution in [0.2, 0.25) is 10.0 Å². The number of benzene rings is 2. The van der Waals surface area contributed by atoms with Gasteiger partial charge in [0.25, 0.3) is 0 Å². The van der Waals surface area contributed by atoms with E-state index in [9.17, 15) is 18.0 Å². The van der Waals surface area contributed by atoms with Gasteiger partial charge in [-0.2, -0.15) is 4.72 Å². The minimum absolute atomic E-state index is 0.0189. The summed E-state index contributed by atoms with van der Waals surface area (Å²) < 4.78 is 29.6. The number of amides is 1. The van der Waals surface area contributed by atoms with Crippen LogP contribution < -0.4 is 10.4 Å². The van der Waals surface area contributed by atoms with E-state index in [1.807, 2.05) is 24.3 Å². The fraction of sp³-hybridized carbons (Fsp3) is 0.333. The van der Waals surface area contributed by atoms with E-state index in [2.05, 4.69) is 9.71 Å². The van der Waals surface area contributed by atoms with Crippen LogP contribution in [0.5, 0.6) is 0 Å². The Morgan fingerprint density at radius 1 is 1.09 bits per heavy atom. The minimum atomic E-state index is -4.09. The number of fused-ring (bicyclic) bond motifs is 1. The van der Waals surface area contributed by atoms with E-state index in [0.29, 0.717) is 25.9 Å². The third-order valence-corrected chi connectivity index (χ3v) is 8.15. The monoisotopic (exact) mass is 496 g/mol. The second kappa shape index (κ2) is 8.90. The van der Waals surface area contributed by atoms with Gasteiger partial charge in [-0.25, -0.2) is 13.2 Å². The van der Waals surface area contributed by atoms with Gasteiger partial charge in [0.2, 0.25) is 15.9 Å². The number of para-hydroxylation sites is 2. The number of likely N-dealkylation sites (tertiary alicyclic amines) is 1. The first-order chi connectivity index (χ1) is 15.2. The number of H-pyrrole nitrogens is 1. The van der Waals surface area contributed by atoms with Crippen molar-refractivity contribution in [2.45, 2.75) is 36.7 Å². The Morgan fingerprint density at radius 3 is 2.38 bits per heavy atom. The summed E-state index contributed by atoms with van der Waals surface area (Å²) in [6.45, 7) is 2.31. The molecule has 8 nitrogen and oxygen atoms in total. The van der Waals surface area contributed by atoms with E-state index in [-0.39, 0.29) is 32.6 Å². The van der Waals surface area contributed by atoms with Crippen molar-refractivity contribution in [1.29, 1.82) is 0 Å². The number of sulfonamides is 1. The Hall–Kier alpha value is -2.33. The Kier molecular flexibility index (Phi) is 6.35. The molecule has 3 aromatic rings. The fourth-order valence-corrected chi connectivity index (χ4v) is 6.48. The number of aromatic nitrogens is 2. The molecule has 1 aliphatic rings. The van der Waals surface area contributed by atoms with Gasteiger partial charge < -0.3 is 9.88 Å². The highest BCUT2D eigenvalue weighted by Gasteiger charge is 2.31. The summed E-state index contributed by atoms with van der Waals surface area (Å²) in [7, 11) is -4.09. The number of hydrogen-bond acceptors (Lipinski definition) is 4. The average molecular weight is 497 g/mol. The summed E-state index contributed by atoms with van der Waals surface area (Å²) >= 11 is 12.0. The molecule has 2 N–H and O–H groups in total. The third-order valence-electron chi connectivity index (χ3n) is 5.66. The van der Waals surface area contributed by atoms with Crippen LogP contribution in [0, 0.1) is 0 Å². The van der Waals surface area contributed by atoms with E-state index in [1.54, 1.807) is 15.5 Å². The highest BCUT2D eigenvalue weighted by atomic mass is 35.5. The van der Waals surface area contributed by atoms with Crippen molar-refractivity contribution >= 4 is 50.2 Å². The lowest BCUT2D eigenvalue weighted by molar-refractivity contribution is -0.133. The summed E-state index contributed by atoms with van der Waals surface area (Å²) in [5, 5.41) is -0.0377. The van der Waals surface area contributed by atoms with Crippen molar-refractivity contribution in [2.75, 3.05) is 13.1 Å². The number of nitrogens with one attached hydrogen (secondary N) is 2. The summed E-state index contributed by atoms with van der Waals surface area (Å²) in [6, 6.07) is 10.8. The number of carbonyl (C=O) groups is 1. The fourth-order valence-electron chi connectivity index (χ4n) is 4.14. The second-order valence-electron chi connectivity index (χ2n) is 7.77. The van der Waals surface area contributed by atoms with Crippen LogP contribution in [-0.4, -0.2) is 47.9 Å². The zero-order valence-electron chi connectivity index (χ0n) is 17.2. The molecule has 0 radical (unpaired) electrons. The van der Waals surface area contributed by atoms with Crippen LogP contribution in [0.3, 0.4) is 0 Å². The summed E-state index contributed by atoms with van der Waals surface area (Å²) in [4.78, 5) is 29.6. The lowest BCUT2D eigenvalue weighted by atomic mass is 10.0. The van der Waals surface area contributed by atoms with E-state index in [0.717, 1.165) is 11.0 Å². The van der Waals surface area contributed by atoms with E-state index in [4.69, 9.17) is 23.2 Å². The molecule has 4 rings (SSSR count). The largest absolute Gasteiger partial charge is 0.341 e. The van der Waals surface area contributed by atoms with Crippen molar-refractivity contribution in [2.24, 2.45) is 0 Å². The molecule has 32 heavy (non-hydrogen) atoms. The Balaban J connectivity index is 1.44. The molecule has 1 unspecified atom stereocenters. The van der Waals surface area contributed by atoms with Crippen LogP contribution >= 0.6 is 23.2 Å². The van der Waals surface area contributed by atoms with Crippen molar-refractivity contribution < 1.29 is 13.2 Å². The molecule has 1 saturated heterocycles. The lowest BCUT2D eigenvalue weighted by Crippen LogP contribution is -2.49. The van der Waals surface area contributed by atoms with Crippen LogP contribution in [0.15, 0.2) is 52.2 Å². The van der Waals surface area contributed by atoms with E-state index >= 15 is 0 Å². The molecule has 0 spiro atoms. The standard InChI is InChI=1S/C21H22Cl2N4O4S/c1-13(25-32(30,31)19-15(22)5-4-6-16(19)23)20(28)26-11-9-14(10-12-26)27-18-8-3-2-7-17(18)24-21(27)29/h2-8,13-14,25H,9-12H2,1H3,(H,24,29). The smallest absolute Gasteiger partial charge is 0.326 e. The SMILES string of the molecule is CC(NS(=O)(=O)c1c(Cl)cccc1Cl)C(=O)N1CCC(n2c(=O)[nH]c3ccccc32)CC1. The van der Waals surface area contributed by atoms with Gasteiger partial charge in [0.1, 0.15) is 4.90 Å². The van der Waals surface area contributed by atoms with Gasteiger partial charge in [-0.3, -0.25) is 9.36 Å². The zero-order valence-corrected chi connectivity index (χ0v) is 19.5. The molecule has 0 bridgehead atoms. The molecular weight excluding hydrogens is 475 g/mol. The molecule has 1 atom stereocenters. The molecule has 0 saturated carbocycles. The molecule has 11 heteroatoms. The molecule has 0 aliphatic carbocycles. The number of nitrogens with zero attached hydrogens (tertiary/aromatic N) is 2. The number of hydrogen-bond donors (Lipinski definition) is 2. The number of rotatable bonds is 5. The molecule has 1 amide bonds. The molecule has 170 valence electrons. The van der Waals surface area contributed by atoms with Crippen molar-refractivity contribution in [3.63, 3.8) is 0 Å². The third kappa shape index (κ3) is 4.30. The Labute approximate surface area is 195 Å². The predicted molar refractivity (Wildman–Crippen MR) is 124 cm³/mol. The van der Waals surface area contributed by atoms with Crippen molar-refractivity contribution in [3.05, 3.63) is 63.0 Å². The van der Waals surface area contributed by atoms with Gasteiger partial charge in [-0.15, -0.1) is 0 Å². The summed E-state index contributed by atoms with van der Waals surface area (Å²) in [5.74, 6) is -0.346. The molecule has 1 aromatic heterocycles. The number of carbonyl (C=O) groups excluding carboxylic acids is 1. The normalized spacial score (nSPS) is 16.4. The lowest BCUT2D eigenvalue weighted by Gasteiger charge is -2.34. The van der Waals surface area contributed by atoms with Gasteiger partial charge in [-0.05, 0) is 44.0 Å². The first kappa shape index (κ1) is 22.8. The van der Waals surface area contributed by atoms with Crippen LogP contribution in [-0.2, 0) is 14.8 Å². The van der Waals surface area contributed by atoms with E-state index in [1.165, 1.54) is 19.1 Å². The highest BCUT2D eigenvalue weighted by molar-refractivity contribution is 7.89. The number of imidazole rings is 1. The zero-order chi connectivity index (χ0) is 23.0. The average Bonchev–Trinajstić information content (AvgIpc) is 3.08. The maximum absolute atomic E-state index is 12.9. The summed E-state index contributed by atoms with van der Waals surface area (Å²) in [6.07, 6.45) is 1.17. The second-order valence-corrected chi connectivity index (χ2v) is 10.2. The maximum Gasteiger partial charge on any atom is 0.326 e. The number of halogens is 2. The van der Waals surface area contributed by atoms with Crippen molar-refractivity contribution in [3.8, 4) is 0 Å². The van der Waals surface area contributed by atoms with Gasteiger partial charge in [-0.1, -0.05) is 41.4 Å². The first-order valence-corrected chi connectivity index (χ1v) is 12.4. The quantitative estimate of drug-likeness (QED) is 0.565. The molecule has 2 heterocycles. The summed E-state index contributed by atoms with van der Waals surface area (Å²) in [5.41, 5.74) is 1.44. The van der Waals surface area contributed by atoms with Crippen LogP contribution in [0.1, 0.15) is 25.8 Å². The first-order valence-electron chi connectivity index (χ1n) is 10.1. The highest BCUT2D eigenvalue weighted by Crippen LogP contribution is 2.29. The number of piperidine rings is 1. The van der Waals surface area contributed by atoms with Gasteiger partial charge in [0, 0.05) is 19.1 Å². The van der Waals surface area contributed by atoms with Gasteiger partial charge >= 0.3 is 5.69 Å². The molecule has 1 fully saturated rings. The van der Waals surface area contributed by atoms with Crippen LogP contribution in [0.25, 0.3) is 11.0 Å². The topological polar surface area (TPSA) is 104 Å². The maximum atomic E-state index is 12.9. The van der Waals surface area contributed by atoms with Crippen molar-refractivity contribution in [1.82, 2.24) is 19.2 Å². The molecule has 2 aromatic carbocycles. The Bertz CT molecular complexity index is 1310. The Morgan fingerprint density at radius 2 is 1.72 bits per heavy atom. The number of aromatic amines is 1. The predicted octanol–water partition coefficient (Wildman–Crippen LogP) is 3.17. The molecule has 1 aliphatic heterocycles. The van der Waals surface area contributed by atoms with Gasteiger partial charge in [0.15, 0.2) is 0 Å². The van der Waals surface area contributed by atoms with E-state index < -0.39 is 16.1 Å². The van der Waals surface area contributed by atoms with Crippen LogP contribution in [0.4, 0.5) is 0 Å². The minimum Gasteiger partial charge on any atom is -0.341 e.